The summed E-state index contributed by atoms with van der Waals surface area (Å²) in [5.74, 6) is -1.95. The molecule has 0 radical (unpaired) electrons. The molecule has 0 bridgehead atoms. The van der Waals surface area contributed by atoms with Crippen molar-refractivity contribution in [1.29, 1.82) is 0 Å². The number of anilines is 2. The zero-order chi connectivity index (χ0) is 24.2. The first-order chi connectivity index (χ1) is 15.7. The number of hydrogen-bond acceptors (Lipinski definition) is 4. The molecule has 0 amide bonds. The first-order valence-corrected chi connectivity index (χ1v) is 12.3. The molecule has 1 aromatic heterocycles. The van der Waals surface area contributed by atoms with E-state index < -0.39 is 11.7 Å². The Labute approximate surface area is 195 Å². The predicted octanol–water partition coefficient (Wildman–Crippen LogP) is 6.19. The van der Waals surface area contributed by atoms with Gasteiger partial charge in [-0.25, -0.2) is 23.1 Å². The first-order valence-electron chi connectivity index (χ1n) is 12.3. The zero-order valence-electron chi connectivity index (χ0n) is 20.4. The van der Waals surface area contributed by atoms with Gasteiger partial charge in [0, 0.05) is 31.4 Å². The van der Waals surface area contributed by atoms with Crippen LogP contribution in [0.1, 0.15) is 86.6 Å². The van der Waals surface area contributed by atoms with Gasteiger partial charge in [-0.2, -0.15) is 0 Å². The number of halogens is 3. The predicted molar refractivity (Wildman–Crippen MR) is 129 cm³/mol. The van der Waals surface area contributed by atoms with E-state index in [1.54, 1.807) is 11.0 Å². The highest BCUT2D eigenvalue weighted by Crippen LogP contribution is 2.34. The lowest BCUT2D eigenvalue weighted by Gasteiger charge is -2.28. The van der Waals surface area contributed by atoms with Gasteiger partial charge in [-0.15, -0.1) is 0 Å². The average Bonchev–Trinajstić information content (AvgIpc) is 2.95. The summed E-state index contributed by atoms with van der Waals surface area (Å²) < 4.78 is 44.2. The summed E-state index contributed by atoms with van der Waals surface area (Å²) in [6, 6.07) is 1.69. The molecule has 2 heterocycles. The number of nitrogens with zero attached hydrogens (tertiary/aromatic N) is 3. The quantitative estimate of drug-likeness (QED) is 0.475. The van der Waals surface area contributed by atoms with Crippen molar-refractivity contribution in [2.45, 2.75) is 91.4 Å². The SMILES string of the molecule is CCCc1c(Cc2c(F)c(N)cc(C)c2CCC)nc(CC)nc1N1CCCCC(F)(F)C1. The van der Waals surface area contributed by atoms with E-state index in [9.17, 15) is 8.78 Å². The number of aryl methyl sites for hydroxylation is 2. The third-order valence-electron chi connectivity index (χ3n) is 6.45. The van der Waals surface area contributed by atoms with Crippen molar-refractivity contribution in [2.24, 2.45) is 0 Å². The lowest BCUT2D eigenvalue weighted by molar-refractivity contribution is 0.00332. The maximum Gasteiger partial charge on any atom is 0.265 e. The van der Waals surface area contributed by atoms with Crippen molar-refractivity contribution in [2.75, 3.05) is 23.7 Å². The molecule has 1 aliphatic rings. The molecule has 7 heteroatoms. The van der Waals surface area contributed by atoms with Crippen molar-refractivity contribution >= 4 is 11.5 Å². The van der Waals surface area contributed by atoms with Crippen LogP contribution in [-0.2, 0) is 25.7 Å². The fraction of sp³-hybridized carbons (Fsp3) is 0.615. The van der Waals surface area contributed by atoms with E-state index in [0.29, 0.717) is 49.4 Å². The van der Waals surface area contributed by atoms with Gasteiger partial charge in [0.2, 0.25) is 0 Å². The van der Waals surface area contributed by atoms with Gasteiger partial charge in [-0.3, -0.25) is 0 Å². The van der Waals surface area contributed by atoms with Gasteiger partial charge in [-0.05, 0) is 55.4 Å². The Hall–Kier alpha value is -2.31. The van der Waals surface area contributed by atoms with Gasteiger partial charge >= 0.3 is 0 Å². The molecular formula is C26H37F3N4. The Morgan fingerprint density at radius 2 is 1.73 bits per heavy atom. The molecule has 0 atom stereocenters. The third kappa shape index (κ3) is 5.79. The van der Waals surface area contributed by atoms with Crippen LogP contribution in [0.2, 0.25) is 0 Å². The van der Waals surface area contributed by atoms with Crippen LogP contribution in [-0.4, -0.2) is 29.0 Å². The molecule has 4 nitrogen and oxygen atoms in total. The summed E-state index contributed by atoms with van der Waals surface area (Å²) in [7, 11) is 0. The normalized spacial score (nSPS) is 16.2. The van der Waals surface area contributed by atoms with Crippen LogP contribution in [0.3, 0.4) is 0 Å². The lowest BCUT2D eigenvalue weighted by atomic mass is 9.92. The van der Waals surface area contributed by atoms with E-state index >= 15 is 4.39 Å². The maximum absolute atomic E-state index is 15.3. The molecule has 33 heavy (non-hydrogen) atoms. The molecule has 1 fully saturated rings. The Bertz CT molecular complexity index is 975. The minimum absolute atomic E-state index is 0.0979. The summed E-state index contributed by atoms with van der Waals surface area (Å²) in [5, 5.41) is 0. The number of nitrogens with two attached hydrogens (primary N) is 1. The molecule has 1 aliphatic heterocycles. The molecule has 2 aromatic rings. The molecule has 1 aromatic carbocycles. The average molecular weight is 463 g/mol. The number of rotatable bonds is 8. The molecule has 0 unspecified atom stereocenters. The van der Waals surface area contributed by atoms with Gasteiger partial charge in [-0.1, -0.05) is 33.6 Å². The van der Waals surface area contributed by atoms with Crippen LogP contribution in [0.15, 0.2) is 6.07 Å². The third-order valence-corrected chi connectivity index (χ3v) is 6.45. The molecule has 182 valence electrons. The van der Waals surface area contributed by atoms with Crippen LogP contribution >= 0.6 is 0 Å². The Morgan fingerprint density at radius 3 is 2.39 bits per heavy atom. The summed E-state index contributed by atoms with van der Waals surface area (Å²) >= 11 is 0. The monoisotopic (exact) mass is 462 g/mol. The second-order valence-corrected chi connectivity index (χ2v) is 9.21. The second-order valence-electron chi connectivity index (χ2n) is 9.21. The minimum Gasteiger partial charge on any atom is -0.396 e. The molecule has 0 saturated carbocycles. The largest absolute Gasteiger partial charge is 0.396 e. The van der Waals surface area contributed by atoms with E-state index in [4.69, 9.17) is 15.7 Å². The van der Waals surface area contributed by atoms with Gasteiger partial charge in [0.25, 0.3) is 5.92 Å². The maximum atomic E-state index is 15.3. The molecular weight excluding hydrogens is 425 g/mol. The number of hydrogen-bond donors (Lipinski definition) is 1. The topological polar surface area (TPSA) is 55.0 Å². The highest BCUT2D eigenvalue weighted by Gasteiger charge is 2.35. The molecule has 2 N–H and O–H groups in total. The van der Waals surface area contributed by atoms with E-state index in [0.717, 1.165) is 41.6 Å². The summed E-state index contributed by atoms with van der Waals surface area (Å²) in [6.07, 6.45) is 5.08. The zero-order valence-corrected chi connectivity index (χ0v) is 20.4. The fourth-order valence-electron chi connectivity index (χ4n) is 4.82. The standard InChI is InChI=1S/C26H37F3N4/c1-5-10-18-17(4)14-21(30)24(27)20(18)15-22-19(11-6-2)25(32-23(7-3)31-22)33-13-9-8-12-26(28,29)16-33/h14H,5-13,15-16,30H2,1-4H3. The van der Waals surface area contributed by atoms with Crippen molar-refractivity contribution < 1.29 is 13.2 Å². The summed E-state index contributed by atoms with van der Waals surface area (Å²) in [5.41, 5.74) is 10.2. The van der Waals surface area contributed by atoms with E-state index in [2.05, 4.69) is 6.92 Å². The van der Waals surface area contributed by atoms with Crippen molar-refractivity contribution in [3.05, 3.63) is 45.7 Å². The smallest absolute Gasteiger partial charge is 0.265 e. The van der Waals surface area contributed by atoms with Crippen molar-refractivity contribution in [1.82, 2.24) is 9.97 Å². The Balaban J connectivity index is 2.16. The molecule has 0 aliphatic carbocycles. The van der Waals surface area contributed by atoms with Crippen LogP contribution in [0.4, 0.5) is 24.7 Å². The molecule has 3 rings (SSSR count). The fourth-order valence-corrected chi connectivity index (χ4v) is 4.82. The van der Waals surface area contributed by atoms with Gasteiger partial charge in [0.15, 0.2) is 0 Å². The Kier molecular flexibility index (Phi) is 8.24. The summed E-state index contributed by atoms with van der Waals surface area (Å²) in [6.45, 7) is 8.23. The van der Waals surface area contributed by atoms with Crippen LogP contribution in [0.5, 0.6) is 0 Å². The number of aromatic nitrogens is 2. The van der Waals surface area contributed by atoms with Gasteiger partial charge < -0.3 is 10.6 Å². The second kappa shape index (κ2) is 10.7. The van der Waals surface area contributed by atoms with E-state index in [-0.39, 0.29) is 25.1 Å². The van der Waals surface area contributed by atoms with E-state index in [1.165, 1.54) is 0 Å². The van der Waals surface area contributed by atoms with Crippen molar-refractivity contribution in [3.63, 3.8) is 0 Å². The Morgan fingerprint density at radius 1 is 1.03 bits per heavy atom. The summed E-state index contributed by atoms with van der Waals surface area (Å²) in [4.78, 5) is 11.2. The molecule has 0 spiro atoms. The highest BCUT2D eigenvalue weighted by molar-refractivity contribution is 5.55. The highest BCUT2D eigenvalue weighted by atomic mass is 19.3. The molecule has 1 saturated heterocycles. The van der Waals surface area contributed by atoms with Crippen LogP contribution in [0, 0.1) is 12.7 Å². The van der Waals surface area contributed by atoms with Crippen LogP contribution in [0.25, 0.3) is 0 Å². The minimum atomic E-state index is -2.75. The van der Waals surface area contributed by atoms with Gasteiger partial charge in [0.1, 0.15) is 17.5 Å². The number of nitrogen functional groups attached to an aromatic ring is 1. The number of alkyl halides is 2. The lowest BCUT2D eigenvalue weighted by Crippen LogP contribution is -2.36. The first kappa shape index (κ1) is 25.3. The van der Waals surface area contributed by atoms with E-state index in [1.807, 2.05) is 20.8 Å². The van der Waals surface area contributed by atoms with Gasteiger partial charge in [0.05, 0.1) is 17.9 Å². The van der Waals surface area contributed by atoms with Crippen LogP contribution < -0.4 is 10.6 Å². The number of benzene rings is 1. The van der Waals surface area contributed by atoms with Crippen molar-refractivity contribution in [3.8, 4) is 0 Å².